The van der Waals surface area contributed by atoms with Gasteiger partial charge < -0.3 is 5.11 Å². The lowest BCUT2D eigenvalue weighted by molar-refractivity contribution is -0.137. The van der Waals surface area contributed by atoms with Crippen LogP contribution in [0.15, 0.2) is 24.3 Å². The summed E-state index contributed by atoms with van der Waals surface area (Å²) in [5, 5.41) is 10.5. The molecule has 0 heterocycles. The summed E-state index contributed by atoms with van der Waals surface area (Å²) in [7, 11) is 0. The molecule has 1 aliphatic rings. The maximum Gasteiger partial charge on any atom is 0.416 e. The highest BCUT2D eigenvalue weighted by atomic mass is 19.4. The molecule has 1 nitrogen and oxygen atoms in total. The maximum absolute atomic E-state index is 12.5. The molecule has 0 amide bonds. The van der Waals surface area contributed by atoms with Gasteiger partial charge >= 0.3 is 6.18 Å². The maximum atomic E-state index is 12.5. The molecule has 20 heavy (non-hydrogen) atoms. The molecular formula is C16H21F3O. The summed E-state index contributed by atoms with van der Waals surface area (Å²) >= 11 is 0. The Morgan fingerprint density at radius 3 is 2.30 bits per heavy atom. The van der Waals surface area contributed by atoms with Crippen molar-refractivity contribution in [3.63, 3.8) is 0 Å². The largest absolute Gasteiger partial charge is 0.416 e. The highest BCUT2D eigenvalue weighted by Gasteiger charge is 2.32. The highest BCUT2D eigenvalue weighted by molar-refractivity contribution is 5.26. The molecule has 1 aromatic carbocycles. The first-order chi connectivity index (χ1) is 9.43. The minimum atomic E-state index is -4.32. The lowest BCUT2D eigenvalue weighted by atomic mass is 9.73. The van der Waals surface area contributed by atoms with Crippen molar-refractivity contribution in [2.24, 2.45) is 11.8 Å². The number of hydrogen-bond donors (Lipinski definition) is 1. The number of aliphatic hydroxyl groups excluding tert-OH is 1. The van der Waals surface area contributed by atoms with Crippen LogP contribution in [-0.4, -0.2) is 5.11 Å². The standard InChI is InChI=1S/C16H21F3O/c1-2-11-5-3-4-6-14(11)15(20)12-7-9-13(10-8-12)16(17,18)19/h7-11,14-15,20H,2-6H2,1H3. The Kier molecular flexibility index (Phi) is 4.74. The van der Waals surface area contributed by atoms with Gasteiger partial charge in [-0.05, 0) is 36.0 Å². The smallest absolute Gasteiger partial charge is 0.388 e. The summed E-state index contributed by atoms with van der Waals surface area (Å²) in [5.41, 5.74) is -0.0625. The predicted octanol–water partition coefficient (Wildman–Crippen LogP) is 4.96. The fourth-order valence-electron chi connectivity index (χ4n) is 3.28. The fraction of sp³-hybridized carbons (Fsp3) is 0.625. The van der Waals surface area contributed by atoms with Gasteiger partial charge in [-0.3, -0.25) is 0 Å². The van der Waals surface area contributed by atoms with Crippen LogP contribution in [0.5, 0.6) is 0 Å². The summed E-state index contributed by atoms with van der Waals surface area (Å²) < 4.78 is 37.6. The fourth-order valence-corrected chi connectivity index (χ4v) is 3.28. The van der Waals surface area contributed by atoms with Gasteiger partial charge in [-0.2, -0.15) is 13.2 Å². The molecule has 1 fully saturated rings. The zero-order valence-electron chi connectivity index (χ0n) is 11.7. The molecule has 4 heteroatoms. The van der Waals surface area contributed by atoms with Gasteiger partial charge in [0.25, 0.3) is 0 Å². The van der Waals surface area contributed by atoms with Crippen molar-refractivity contribution in [1.82, 2.24) is 0 Å². The first kappa shape index (κ1) is 15.4. The Balaban J connectivity index is 2.14. The van der Waals surface area contributed by atoms with Crippen molar-refractivity contribution in [2.45, 2.75) is 51.3 Å². The van der Waals surface area contributed by atoms with Gasteiger partial charge in [0, 0.05) is 0 Å². The number of halogens is 3. The van der Waals surface area contributed by atoms with Crippen LogP contribution < -0.4 is 0 Å². The average molecular weight is 286 g/mol. The average Bonchev–Trinajstić information content (AvgIpc) is 2.45. The lowest BCUT2D eigenvalue weighted by Crippen LogP contribution is -2.25. The second kappa shape index (κ2) is 6.17. The van der Waals surface area contributed by atoms with Gasteiger partial charge in [0.2, 0.25) is 0 Å². The van der Waals surface area contributed by atoms with Crippen molar-refractivity contribution < 1.29 is 18.3 Å². The third-order valence-electron chi connectivity index (χ3n) is 4.48. The number of rotatable bonds is 3. The van der Waals surface area contributed by atoms with Crippen molar-refractivity contribution in [3.8, 4) is 0 Å². The van der Waals surface area contributed by atoms with E-state index in [2.05, 4.69) is 6.92 Å². The molecule has 0 bridgehead atoms. The van der Waals surface area contributed by atoms with Crippen molar-refractivity contribution in [1.29, 1.82) is 0 Å². The molecule has 0 saturated heterocycles. The van der Waals surface area contributed by atoms with Crippen LogP contribution in [0.2, 0.25) is 0 Å². The molecule has 3 atom stereocenters. The first-order valence-corrected chi connectivity index (χ1v) is 7.28. The van der Waals surface area contributed by atoms with Crippen molar-refractivity contribution >= 4 is 0 Å². The quantitative estimate of drug-likeness (QED) is 0.833. The summed E-state index contributed by atoms with van der Waals surface area (Å²) in [6, 6.07) is 4.94. The molecule has 0 aromatic heterocycles. The molecule has 0 spiro atoms. The van der Waals surface area contributed by atoms with Crippen LogP contribution in [0, 0.1) is 11.8 Å². The van der Waals surface area contributed by atoms with Crippen molar-refractivity contribution in [3.05, 3.63) is 35.4 Å². The molecule has 0 radical (unpaired) electrons. The Bertz CT molecular complexity index is 424. The van der Waals surface area contributed by atoms with E-state index >= 15 is 0 Å². The molecule has 3 unspecified atom stereocenters. The van der Waals surface area contributed by atoms with E-state index in [0.717, 1.165) is 37.8 Å². The molecule has 2 rings (SSSR count). The lowest BCUT2D eigenvalue weighted by Gasteiger charge is -2.34. The van der Waals surface area contributed by atoms with Crippen LogP contribution >= 0.6 is 0 Å². The van der Waals surface area contributed by atoms with E-state index in [-0.39, 0.29) is 5.92 Å². The van der Waals surface area contributed by atoms with Crippen LogP contribution in [-0.2, 0) is 6.18 Å². The monoisotopic (exact) mass is 286 g/mol. The summed E-state index contributed by atoms with van der Waals surface area (Å²) in [5.74, 6) is 0.645. The third kappa shape index (κ3) is 3.35. The van der Waals surface area contributed by atoms with Gasteiger partial charge in [-0.1, -0.05) is 44.7 Å². The van der Waals surface area contributed by atoms with Gasteiger partial charge in [0.1, 0.15) is 0 Å². The Morgan fingerprint density at radius 1 is 1.15 bits per heavy atom. The third-order valence-corrected chi connectivity index (χ3v) is 4.48. The number of aliphatic hydroxyl groups is 1. The van der Waals surface area contributed by atoms with E-state index in [9.17, 15) is 18.3 Å². The van der Waals surface area contributed by atoms with E-state index in [1.54, 1.807) is 0 Å². The second-order valence-electron chi connectivity index (χ2n) is 5.68. The molecule has 0 aliphatic heterocycles. The van der Waals surface area contributed by atoms with Gasteiger partial charge in [0.05, 0.1) is 11.7 Å². The minimum absolute atomic E-state index is 0.172. The summed E-state index contributed by atoms with van der Waals surface area (Å²) in [6.07, 6.45) is 0.401. The van der Waals surface area contributed by atoms with E-state index in [4.69, 9.17) is 0 Å². The van der Waals surface area contributed by atoms with Gasteiger partial charge in [-0.15, -0.1) is 0 Å². The summed E-state index contributed by atoms with van der Waals surface area (Å²) in [6.45, 7) is 2.11. The van der Waals surface area contributed by atoms with Gasteiger partial charge in [0.15, 0.2) is 0 Å². The van der Waals surface area contributed by atoms with E-state index in [1.165, 1.54) is 18.6 Å². The topological polar surface area (TPSA) is 20.2 Å². The van der Waals surface area contributed by atoms with Gasteiger partial charge in [-0.25, -0.2) is 0 Å². The molecule has 112 valence electrons. The number of alkyl halides is 3. The minimum Gasteiger partial charge on any atom is -0.388 e. The number of benzene rings is 1. The van der Waals surface area contributed by atoms with Crippen LogP contribution in [0.3, 0.4) is 0 Å². The molecule has 1 aliphatic carbocycles. The van der Waals surface area contributed by atoms with E-state index < -0.39 is 17.8 Å². The van der Waals surface area contributed by atoms with Crippen LogP contribution in [0.4, 0.5) is 13.2 Å². The molecule has 1 saturated carbocycles. The Morgan fingerprint density at radius 2 is 1.75 bits per heavy atom. The molecule has 1 aromatic rings. The normalized spacial score (nSPS) is 25.4. The molecular weight excluding hydrogens is 265 g/mol. The van der Waals surface area contributed by atoms with Crippen molar-refractivity contribution in [2.75, 3.05) is 0 Å². The Labute approximate surface area is 117 Å². The van der Waals surface area contributed by atoms with Crippen LogP contribution in [0.1, 0.15) is 56.3 Å². The predicted molar refractivity (Wildman–Crippen MR) is 72.1 cm³/mol. The SMILES string of the molecule is CCC1CCCCC1C(O)c1ccc(C(F)(F)F)cc1. The Hall–Kier alpha value is -1.03. The highest BCUT2D eigenvalue weighted by Crippen LogP contribution is 2.40. The number of hydrogen-bond acceptors (Lipinski definition) is 1. The summed E-state index contributed by atoms with van der Waals surface area (Å²) in [4.78, 5) is 0. The van der Waals surface area contributed by atoms with E-state index in [1.807, 2.05) is 0 Å². The van der Waals surface area contributed by atoms with Crippen LogP contribution in [0.25, 0.3) is 0 Å². The zero-order valence-corrected chi connectivity index (χ0v) is 11.7. The first-order valence-electron chi connectivity index (χ1n) is 7.28. The molecule has 1 N–H and O–H groups in total. The second-order valence-corrected chi connectivity index (χ2v) is 5.68. The van der Waals surface area contributed by atoms with E-state index in [0.29, 0.717) is 11.5 Å². The zero-order chi connectivity index (χ0) is 14.8.